The van der Waals surface area contributed by atoms with Gasteiger partial charge in [-0.15, -0.1) is 11.3 Å². The Kier molecular flexibility index (Phi) is 5.55. The molecule has 2 amide bonds. The van der Waals surface area contributed by atoms with Crippen LogP contribution in [-0.4, -0.2) is 34.5 Å². The highest BCUT2D eigenvalue weighted by atomic mass is 35.5. The van der Waals surface area contributed by atoms with Gasteiger partial charge in [0.05, 0.1) is 13.2 Å². The Bertz CT molecular complexity index is 776. The number of nitrogens with zero attached hydrogens (tertiary/aromatic N) is 2. The molecule has 0 aliphatic heterocycles. The highest BCUT2D eigenvalue weighted by Gasteiger charge is 2.33. The van der Waals surface area contributed by atoms with E-state index in [9.17, 15) is 9.59 Å². The Morgan fingerprint density at radius 1 is 1.44 bits per heavy atom. The topological polar surface area (TPSA) is 71.5 Å². The van der Waals surface area contributed by atoms with Crippen molar-refractivity contribution in [2.45, 2.75) is 32.4 Å². The van der Waals surface area contributed by atoms with Crippen molar-refractivity contribution in [1.82, 2.24) is 9.88 Å². The molecule has 1 N–H and O–H groups in total. The van der Waals surface area contributed by atoms with Gasteiger partial charge in [0.1, 0.15) is 5.01 Å². The SMILES string of the molecule is CCOC(=O)c1csc(CN(C(=O)Nc2cccc(Cl)c2)C2CC2)n1. The zero-order valence-corrected chi connectivity index (χ0v) is 15.3. The van der Waals surface area contributed by atoms with E-state index in [1.165, 1.54) is 11.3 Å². The van der Waals surface area contributed by atoms with Crippen LogP contribution in [0.25, 0.3) is 0 Å². The molecule has 1 fully saturated rings. The number of urea groups is 1. The molecule has 1 saturated carbocycles. The molecule has 0 radical (unpaired) electrons. The smallest absolute Gasteiger partial charge is 0.357 e. The minimum Gasteiger partial charge on any atom is -0.461 e. The summed E-state index contributed by atoms with van der Waals surface area (Å²) in [5, 5.41) is 5.79. The summed E-state index contributed by atoms with van der Waals surface area (Å²) in [6.07, 6.45) is 1.94. The Morgan fingerprint density at radius 2 is 2.24 bits per heavy atom. The first-order chi connectivity index (χ1) is 12.1. The van der Waals surface area contributed by atoms with Gasteiger partial charge in [-0.3, -0.25) is 0 Å². The first-order valence-electron chi connectivity index (χ1n) is 8.01. The lowest BCUT2D eigenvalue weighted by molar-refractivity contribution is 0.0520. The third-order valence-electron chi connectivity index (χ3n) is 3.67. The van der Waals surface area contributed by atoms with Crippen LogP contribution in [0.5, 0.6) is 0 Å². The van der Waals surface area contributed by atoms with Gasteiger partial charge < -0.3 is 15.0 Å². The maximum atomic E-state index is 12.6. The number of carbonyl (C=O) groups excluding carboxylic acids is 2. The molecule has 0 unspecified atom stereocenters. The summed E-state index contributed by atoms with van der Waals surface area (Å²) in [7, 11) is 0. The molecule has 25 heavy (non-hydrogen) atoms. The Balaban J connectivity index is 1.67. The molecular formula is C17H18ClN3O3S. The van der Waals surface area contributed by atoms with Gasteiger partial charge in [-0.2, -0.15) is 0 Å². The van der Waals surface area contributed by atoms with E-state index in [1.54, 1.807) is 41.5 Å². The molecule has 132 valence electrons. The third-order valence-corrected chi connectivity index (χ3v) is 4.73. The van der Waals surface area contributed by atoms with Crippen molar-refractivity contribution in [3.8, 4) is 0 Å². The quantitative estimate of drug-likeness (QED) is 0.764. The van der Waals surface area contributed by atoms with Crippen LogP contribution < -0.4 is 5.32 Å². The van der Waals surface area contributed by atoms with Crippen molar-refractivity contribution in [2.75, 3.05) is 11.9 Å². The summed E-state index contributed by atoms with van der Waals surface area (Å²) in [6.45, 7) is 2.42. The molecule has 1 aliphatic carbocycles. The minimum absolute atomic E-state index is 0.197. The number of benzene rings is 1. The van der Waals surface area contributed by atoms with E-state index in [2.05, 4.69) is 10.3 Å². The van der Waals surface area contributed by atoms with Crippen LogP contribution in [0.3, 0.4) is 0 Å². The Hall–Kier alpha value is -2.12. The number of thiazole rings is 1. The van der Waals surface area contributed by atoms with Crippen molar-refractivity contribution in [3.63, 3.8) is 0 Å². The molecule has 1 heterocycles. The molecule has 0 atom stereocenters. The molecule has 3 rings (SSSR count). The highest BCUT2D eigenvalue weighted by molar-refractivity contribution is 7.09. The summed E-state index contributed by atoms with van der Waals surface area (Å²) in [4.78, 5) is 30.4. The zero-order chi connectivity index (χ0) is 17.8. The van der Waals surface area contributed by atoms with Gasteiger partial charge in [0, 0.05) is 22.1 Å². The molecule has 1 aliphatic rings. The van der Waals surface area contributed by atoms with Crippen molar-refractivity contribution in [3.05, 3.63) is 45.4 Å². The van der Waals surface area contributed by atoms with Crippen molar-refractivity contribution >= 4 is 40.6 Å². The van der Waals surface area contributed by atoms with Gasteiger partial charge in [0.15, 0.2) is 5.69 Å². The predicted molar refractivity (Wildman–Crippen MR) is 97.1 cm³/mol. The summed E-state index contributed by atoms with van der Waals surface area (Å²) in [6, 6.07) is 7.03. The lowest BCUT2D eigenvalue weighted by Crippen LogP contribution is -2.36. The second-order valence-corrected chi connectivity index (χ2v) is 7.03. The largest absolute Gasteiger partial charge is 0.461 e. The number of aromatic nitrogens is 1. The first kappa shape index (κ1) is 17.7. The van der Waals surface area contributed by atoms with E-state index in [0.29, 0.717) is 28.9 Å². The van der Waals surface area contributed by atoms with Crippen LogP contribution in [0.2, 0.25) is 5.02 Å². The van der Waals surface area contributed by atoms with Gasteiger partial charge in [-0.05, 0) is 38.0 Å². The standard InChI is InChI=1S/C17H18ClN3O3S/c1-2-24-16(22)14-10-25-15(20-14)9-21(13-6-7-13)17(23)19-12-5-3-4-11(18)8-12/h3-5,8,10,13H,2,6-7,9H2,1H3,(H,19,23). The van der Waals surface area contributed by atoms with E-state index in [0.717, 1.165) is 12.8 Å². The fourth-order valence-corrected chi connectivity index (χ4v) is 3.29. The summed E-state index contributed by atoms with van der Waals surface area (Å²) >= 11 is 7.30. The molecule has 0 spiro atoms. The van der Waals surface area contributed by atoms with Crippen LogP contribution in [0.1, 0.15) is 35.3 Å². The molecular weight excluding hydrogens is 362 g/mol. The van der Waals surface area contributed by atoms with Crippen molar-refractivity contribution in [2.24, 2.45) is 0 Å². The third kappa shape index (κ3) is 4.70. The Labute approximate surface area is 154 Å². The number of anilines is 1. The van der Waals surface area contributed by atoms with Crippen LogP contribution in [-0.2, 0) is 11.3 Å². The number of hydrogen-bond donors (Lipinski definition) is 1. The number of ether oxygens (including phenoxy) is 1. The summed E-state index contributed by atoms with van der Waals surface area (Å²) in [5.41, 5.74) is 0.933. The maximum absolute atomic E-state index is 12.6. The molecule has 1 aromatic heterocycles. The van der Waals surface area contributed by atoms with Crippen molar-refractivity contribution in [1.29, 1.82) is 0 Å². The first-order valence-corrected chi connectivity index (χ1v) is 9.27. The number of carbonyl (C=O) groups is 2. The second kappa shape index (κ2) is 7.84. The van der Waals surface area contributed by atoms with E-state index < -0.39 is 5.97 Å². The minimum atomic E-state index is -0.439. The molecule has 2 aromatic rings. The lowest BCUT2D eigenvalue weighted by atomic mass is 10.3. The summed E-state index contributed by atoms with van der Waals surface area (Å²) < 4.78 is 4.94. The number of rotatable bonds is 6. The predicted octanol–water partition coefficient (Wildman–Crippen LogP) is 4.17. The van der Waals surface area contributed by atoms with Crippen LogP contribution >= 0.6 is 22.9 Å². The molecule has 0 saturated heterocycles. The zero-order valence-electron chi connectivity index (χ0n) is 13.7. The van der Waals surface area contributed by atoms with Crippen LogP contribution in [0.15, 0.2) is 29.6 Å². The molecule has 6 nitrogen and oxygen atoms in total. The monoisotopic (exact) mass is 379 g/mol. The Morgan fingerprint density at radius 3 is 2.92 bits per heavy atom. The normalized spacial score (nSPS) is 13.4. The van der Waals surface area contributed by atoms with Crippen LogP contribution in [0.4, 0.5) is 10.5 Å². The molecule has 8 heteroatoms. The van der Waals surface area contributed by atoms with E-state index in [1.807, 2.05) is 0 Å². The second-order valence-electron chi connectivity index (χ2n) is 5.65. The fourth-order valence-electron chi connectivity index (χ4n) is 2.34. The van der Waals surface area contributed by atoms with Gasteiger partial charge in [-0.1, -0.05) is 17.7 Å². The van der Waals surface area contributed by atoms with Gasteiger partial charge in [0.2, 0.25) is 0 Å². The van der Waals surface area contributed by atoms with Gasteiger partial charge >= 0.3 is 12.0 Å². The number of halogens is 1. The molecule has 1 aromatic carbocycles. The molecule has 0 bridgehead atoms. The number of hydrogen-bond acceptors (Lipinski definition) is 5. The van der Waals surface area contributed by atoms with E-state index >= 15 is 0 Å². The maximum Gasteiger partial charge on any atom is 0.357 e. The fraction of sp³-hybridized carbons (Fsp3) is 0.353. The van der Waals surface area contributed by atoms with Gasteiger partial charge in [0.25, 0.3) is 0 Å². The highest BCUT2D eigenvalue weighted by Crippen LogP contribution is 2.30. The average molecular weight is 380 g/mol. The number of nitrogens with one attached hydrogen (secondary N) is 1. The van der Waals surface area contributed by atoms with Gasteiger partial charge in [-0.25, -0.2) is 14.6 Å². The summed E-state index contributed by atoms with van der Waals surface area (Å²) in [5.74, 6) is -0.439. The van der Waals surface area contributed by atoms with E-state index in [-0.39, 0.29) is 17.8 Å². The van der Waals surface area contributed by atoms with E-state index in [4.69, 9.17) is 16.3 Å². The number of esters is 1. The lowest BCUT2D eigenvalue weighted by Gasteiger charge is -2.21. The number of amides is 2. The van der Waals surface area contributed by atoms with Crippen molar-refractivity contribution < 1.29 is 14.3 Å². The average Bonchev–Trinajstić information content (AvgIpc) is 3.30. The van der Waals surface area contributed by atoms with Crippen LogP contribution in [0, 0.1) is 0 Å².